The molecule has 0 bridgehead atoms. The number of nitrogens with two attached hydrogens (primary N) is 1. The number of aliphatic hydroxyl groups excluding tert-OH is 1. The van der Waals surface area contributed by atoms with E-state index in [-0.39, 0.29) is 12.5 Å². The second-order valence-electron chi connectivity index (χ2n) is 4.99. The summed E-state index contributed by atoms with van der Waals surface area (Å²) in [5.41, 5.74) is 6.09. The van der Waals surface area contributed by atoms with Crippen molar-refractivity contribution in [2.45, 2.75) is 24.9 Å². The van der Waals surface area contributed by atoms with E-state index in [1.54, 1.807) is 0 Å². The van der Waals surface area contributed by atoms with Gasteiger partial charge in [0.1, 0.15) is 11.6 Å². The fraction of sp³-hybridized carbons (Fsp3) is 0.571. The van der Waals surface area contributed by atoms with Gasteiger partial charge in [0.25, 0.3) is 0 Å². The van der Waals surface area contributed by atoms with Crippen LogP contribution in [0.25, 0.3) is 0 Å². The van der Waals surface area contributed by atoms with E-state index in [0.717, 1.165) is 18.9 Å². The monoisotopic (exact) mass is 271 g/mol. The lowest BCUT2D eigenvalue weighted by Crippen LogP contribution is -2.35. The molecule has 2 atom stereocenters. The molecule has 0 aliphatic carbocycles. The van der Waals surface area contributed by atoms with Gasteiger partial charge in [-0.1, -0.05) is 0 Å². The Morgan fingerprint density at radius 2 is 1.79 bits per heavy atom. The second kappa shape index (κ2) is 6.41. The lowest BCUT2D eigenvalue weighted by atomic mass is 9.82. The largest absolute Gasteiger partial charge is 0.392 e. The fourth-order valence-corrected chi connectivity index (χ4v) is 2.65. The third-order valence-electron chi connectivity index (χ3n) is 3.73. The summed E-state index contributed by atoms with van der Waals surface area (Å²) >= 11 is 0. The SMILES string of the molecule is NCC(c1cc(F)cc(F)c1)C(O)C1CCOCC1. The molecule has 3 nitrogen and oxygen atoms in total. The van der Waals surface area contributed by atoms with Crippen LogP contribution < -0.4 is 5.73 Å². The molecule has 0 saturated carbocycles. The van der Waals surface area contributed by atoms with Gasteiger partial charge in [0.05, 0.1) is 6.10 Å². The van der Waals surface area contributed by atoms with Gasteiger partial charge >= 0.3 is 0 Å². The second-order valence-corrected chi connectivity index (χ2v) is 4.99. The van der Waals surface area contributed by atoms with Crippen molar-refractivity contribution in [3.8, 4) is 0 Å². The Morgan fingerprint density at radius 3 is 2.32 bits per heavy atom. The summed E-state index contributed by atoms with van der Waals surface area (Å²) < 4.78 is 31.7. The van der Waals surface area contributed by atoms with Gasteiger partial charge in [-0.25, -0.2) is 8.78 Å². The summed E-state index contributed by atoms with van der Waals surface area (Å²) in [6.45, 7) is 1.37. The average molecular weight is 271 g/mol. The van der Waals surface area contributed by atoms with Gasteiger partial charge in [-0.05, 0) is 36.5 Å². The van der Waals surface area contributed by atoms with Crippen LogP contribution in [-0.2, 0) is 4.74 Å². The molecule has 1 heterocycles. The van der Waals surface area contributed by atoms with Crippen molar-refractivity contribution < 1.29 is 18.6 Å². The summed E-state index contributed by atoms with van der Waals surface area (Å²) in [4.78, 5) is 0. The molecule has 0 aromatic heterocycles. The summed E-state index contributed by atoms with van der Waals surface area (Å²) in [6.07, 6.45) is 0.792. The fourth-order valence-electron chi connectivity index (χ4n) is 2.65. The molecule has 1 aliphatic rings. The third-order valence-corrected chi connectivity index (χ3v) is 3.73. The molecule has 19 heavy (non-hydrogen) atoms. The van der Waals surface area contributed by atoms with E-state index in [4.69, 9.17) is 10.5 Å². The van der Waals surface area contributed by atoms with Crippen LogP contribution in [0, 0.1) is 17.6 Å². The van der Waals surface area contributed by atoms with Gasteiger partial charge in [-0.3, -0.25) is 0 Å². The molecule has 1 aliphatic heterocycles. The van der Waals surface area contributed by atoms with E-state index in [2.05, 4.69) is 0 Å². The molecule has 0 amide bonds. The van der Waals surface area contributed by atoms with Crippen molar-refractivity contribution in [3.05, 3.63) is 35.4 Å². The Bertz CT molecular complexity index is 402. The minimum atomic E-state index is -0.699. The van der Waals surface area contributed by atoms with Crippen molar-refractivity contribution >= 4 is 0 Å². The maximum Gasteiger partial charge on any atom is 0.126 e. The number of aliphatic hydroxyl groups is 1. The number of hydrogen-bond acceptors (Lipinski definition) is 3. The number of halogens is 2. The van der Waals surface area contributed by atoms with Crippen LogP contribution in [0.1, 0.15) is 24.3 Å². The first kappa shape index (κ1) is 14.4. The van der Waals surface area contributed by atoms with E-state index in [1.165, 1.54) is 12.1 Å². The van der Waals surface area contributed by atoms with Crippen LogP contribution in [0.5, 0.6) is 0 Å². The maximum atomic E-state index is 13.2. The highest BCUT2D eigenvalue weighted by atomic mass is 19.1. The summed E-state index contributed by atoms with van der Waals surface area (Å²) in [7, 11) is 0. The van der Waals surface area contributed by atoms with Gasteiger partial charge in [0.15, 0.2) is 0 Å². The molecule has 1 aromatic rings. The Hall–Kier alpha value is -1.04. The average Bonchev–Trinajstić information content (AvgIpc) is 2.39. The van der Waals surface area contributed by atoms with Gasteiger partial charge in [-0.2, -0.15) is 0 Å². The minimum Gasteiger partial charge on any atom is -0.392 e. The van der Waals surface area contributed by atoms with Gasteiger partial charge < -0.3 is 15.6 Å². The number of benzene rings is 1. The Balaban J connectivity index is 2.17. The van der Waals surface area contributed by atoms with Crippen molar-refractivity contribution in [1.82, 2.24) is 0 Å². The zero-order valence-electron chi connectivity index (χ0n) is 10.7. The number of rotatable bonds is 4. The molecule has 106 valence electrons. The molecule has 3 N–H and O–H groups in total. The third kappa shape index (κ3) is 3.49. The van der Waals surface area contributed by atoms with Crippen molar-refractivity contribution in [2.75, 3.05) is 19.8 Å². The molecule has 2 unspecified atom stereocenters. The molecule has 1 aromatic carbocycles. The maximum absolute atomic E-state index is 13.2. The molecular weight excluding hydrogens is 252 g/mol. The summed E-state index contributed by atoms with van der Waals surface area (Å²) in [5, 5.41) is 10.4. The highest BCUT2D eigenvalue weighted by molar-refractivity contribution is 5.23. The number of hydrogen-bond donors (Lipinski definition) is 2. The first-order chi connectivity index (χ1) is 9.11. The Morgan fingerprint density at radius 1 is 1.21 bits per heavy atom. The highest BCUT2D eigenvalue weighted by Gasteiger charge is 2.30. The van der Waals surface area contributed by atoms with Crippen LogP contribution in [0.4, 0.5) is 8.78 Å². The lowest BCUT2D eigenvalue weighted by Gasteiger charge is -2.32. The van der Waals surface area contributed by atoms with Crippen LogP contribution in [0.15, 0.2) is 18.2 Å². The molecule has 5 heteroatoms. The smallest absolute Gasteiger partial charge is 0.126 e. The molecule has 0 spiro atoms. The first-order valence-corrected chi connectivity index (χ1v) is 6.53. The molecule has 2 rings (SSSR count). The molecule has 1 fully saturated rings. The van der Waals surface area contributed by atoms with E-state index in [0.29, 0.717) is 18.8 Å². The molecule has 1 saturated heterocycles. The predicted octanol–water partition coefficient (Wildman–Crippen LogP) is 1.79. The molecular formula is C14H19F2NO2. The van der Waals surface area contributed by atoms with E-state index < -0.39 is 23.7 Å². The quantitative estimate of drug-likeness (QED) is 0.878. The summed E-state index contributed by atoms with van der Waals surface area (Å²) in [5.74, 6) is -1.68. The topological polar surface area (TPSA) is 55.5 Å². The molecule has 0 radical (unpaired) electrons. The zero-order valence-corrected chi connectivity index (χ0v) is 10.7. The highest BCUT2D eigenvalue weighted by Crippen LogP contribution is 2.30. The van der Waals surface area contributed by atoms with Crippen molar-refractivity contribution in [1.29, 1.82) is 0 Å². The van der Waals surface area contributed by atoms with Gasteiger partial charge in [0.2, 0.25) is 0 Å². The lowest BCUT2D eigenvalue weighted by molar-refractivity contribution is -0.00200. The van der Waals surface area contributed by atoms with Gasteiger partial charge in [-0.15, -0.1) is 0 Å². The van der Waals surface area contributed by atoms with E-state index >= 15 is 0 Å². The predicted molar refractivity (Wildman–Crippen MR) is 67.7 cm³/mol. The minimum absolute atomic E-state index is 0.0635. The zero-order chi connectivity index (χ0) is 13.8. The summed E-state index contributed by atoms with van der Waals surface area (Å²) in [6, 6.07) is 3.30. The van der Waals surface area contributed by atoms with E-state index in [1.807, 2.05) is 0 Å². The first-order valence-electron chi connectivity index (χ1n) is 6.53. The Labute approximate surface area is 111 Å². The van der Waals surface area contributed by atoms with Crippen LogP contribution in [0.3, 0.4) is 0 Å². The number of ether oxygens (including phenoxy) is 1. The van der Waals surface area contributed by atoms with Crippen LogP contribution in [0.2, 0.25) is 0 Å². The van der Waals surface area contributed by atoms with Crippen LogP contribution >= 0.6 is 0 Å². The van der Waals surface area contributed by atoms with Gasteiger partial charge in [0, 0.05) is 31.7 Å². The standard InChI is InChI=1S/C14H19F2NO2/c15-11-5-10(6-12(16)7-11)13(8-17)14(18)9-1-3-19-4-2-9/h5-7,9,13-14,18H,1-4,8,17H2. The van der Waals surface area contributed by atoms with E-state index in [9.17, 15) is 13.9 Å². The van der Waals surface area contributed by atoms with Crippen molar-refractivity contribution in [2.24, 2.45) is 11.7 Å². The van der Waals surface area contributed by atoms with Crippen LogP contribution in [-0.4, -0.2) is 31.0 Å². The van der Waals surface area contributed by atoms with Crippen molar-refractivity contribution in [3.63, 3.8) is 0 Å². The Kier molecular flexibility index (Phi) is 4.85. The normalized spacial score (nSPS) is 20.2.